The fraction of sp³-hybridized carbons (Fsp3) is 0.200. The molecule has 6 nitrogen and oxygen atoms in total. The van der Waals surface area contributed by atoms with Gasteiger partial charge in [0.25, 0.3) is 0 Å². The summed E-state index contributed by atoms with van der Waals surface area (Å²) in [6.45, 7) is 2.93. The predicted molar refractivity (Wildman–Crippen MR) is 99.6 cm³/mol. The second-order valence-electron chi connectivity index (χ2n) is 6.40. The molecule has 8 heteroatoms. The Hall–Kier alpha value is -3.60. The van der Waals surface area contributed by atoms with Crippen LogP contribution in [0.1, 0.15) is 18.2 Å². The summed E-state index contributed by atoms with van der Waals surface area (Å²) in [5, 5.41) is 8.80. The van der Waals surface area contributed by atoms with E-state index in [1.165, 1.54) is 18.3 Å². The highest BCUT2D eigenvalue weighted by atomic mass is 19.1. The van der Waals surface area contributed by atoms with Crippen molar-refractivity contribution in [3.63, 3.8) is 0 Å². The lowest BCUT2D eigenvalue weighted by molar-refractivity contribution is 0.312. The van der Waals surface area contributed by atoms with Crippen LogP contribution in [0.3, 0.4) is 0 Å². The molecule has 4 N–H and O–H groups in total. The van der Waals surface area contributed by atoms with Crippen molar-refractivity contribution in [3.8, 4) is 17.6 Å². The molecule has 0 saturated heterocycles. The van der Waals surface area contributed by atoms with E-state index >= 15 is 0 Å². The van der Waals surface area contributed by atoms with E-state index in [-0.39, 0.29) is 11.4 Å². The molecule has 1 aliphatic rings. The first kappa shape index (κ1) is 19.2. The maximum atomic E-state index is 13.8. The number of aromatic nitrogens is 1. The number of nitrogens with two attached hydrogens (primary N) is 2. The summed E-state index contributed by atoms with van der Waals surface area (Å²) in [7, 11) is 0. The van der Waals surface area contributed by atoms with Crippen molar-refractivity contribution in [2.75, 3.05) is 6.54 Å². The number of rotatable bonds is 4. The zero-order valence-electron chi connectivity index (χ0n) is 15.2. The van der Waals surface area contributed by atoms with Crippen LogP contribution in [0.2, 0.25) is 0 Å². The van der Waals surface area contributed by atoms with Gasteiger partial charge in [-0.15, -0.1) is 0 Å². The van der Waals surface area contributed by atoms with Gasteiger partial charge in [-0.25, -0.2) is 8.78 Å². The summed E-state index contributed by atoms with van der Waals surface area (Å²) >= 11 is 0. The van der Waals surface area contributed by atoms with Crippen molar-refractivity contribution < 1.29 is 13.5 Å². The number of allylic oxidation sites excluding steroid dienone is 3. The Labute approximate surface area is 161 Å². The van der Waals surface area contributed by atoms with E-state index in [0.717, 1.165) is 23.4 Å². The Kier molecular flexibility index (Phi) is 5.45. The molecule has 0 spiro atoms. The first-order chi connectivity index (χ1) is 13.4. The number of hydrogen-bond acceptors (Lipinski definition) is 6. The van der Waals surface area contributed by atoms with Crippen molar-refractivity contribution in [3.05, 3.63) is 76.5 Å². The molecular formula is C20H19F2N5O. The van der Waals surface area contributed by atoms with E-state index in [9.17, 15) is 8.78 Å². The molecule has 2 aromatic rings. The number of fused-ring (bicyclic) bond motifs is 1. The number of ether oxygens (including phenoxy) is 1. The number of nitrogens with zero attached hydrogens (tertiary/aromatic N) is 3. The second kappa shape index (κ2) is 7.96. The molecule has 1 aromatic heterocycles. The molecule has 28 heavy (non-hydrogen) atoms. The normalized spacial score (nSPS) is 14.8. The van der Waals surface area contributed by atoms with Gasteiger partial charge in [0.05, 0.1) is 6.20 Å². The smallest absolute Gasteiger partial charge is 0.168 e. The number of hydrogen-bond donors (Lipinski definition) is 2. The van der Waals surface area contributed by atoms with E-state index in [1.807, 2.05) is 11.0 Å². The summed E-state index contributed by atoms with van der Waals surface area (Å²) in [5.41, 5.74) is 14.3. The number of halogens is 2. The van der Waals surface area contributed by atoms with Crippen LogP contribution in [0.25, 0.3) is 0 Å². The predicted octanol–water partition coefficient (Wildman–Crippen LogP) is 3.07. The number of pyridine rings is 1. The van der Waals surface area contributed by atoms with Gasteiger partial charge in [-0.2, -0.15) is 5.26 Å². The fourth-order valence-corrected chi connectivity index (χ4v) is 2.94. The number of benzene rings is 1. The summed E-state index contributed by atoms with van der Waals surface area (Å²) in [6.07, 6.45) is 3.71. The first-order valence-corrected chi connectivity index (χ1v) is 8.56. The van der Waals surface area contributed by atoms with Crippen LogP contribution in [0.5, 0.6) is 11.5 Å². The topological polar surface area (TPSA) is 101 Å². The minimum Gasteiger partial charge on any atom is -0.453 e. The third-order valence-electron chi connectivity index (χ3n) is 4.38. The molecule has 0 radical (unpaired) electrons. The Bertz CT molecular complexity index is 1010. The largest absolute Gasteiger partial charge is 0.453 e. The van der Waals surface area contributed by atoms with Crippen molar-refractivity contribution in [2.45, 2.75) is 19.9 Å². The first-order valence-electron chi connectivity index (χ1n) is 8.56. The molecule has 3 rings (SSSR count). The van der Waals surface area contributed by atoms with E-state index in [4.69, 9.17) is 21.5 Å². The third kappa shape index (κ3) is 4.20. The van der Waals surface area contributed by atoms with E-state index in [2.05, 4.69) is 4.98 Å². The molecule has 0 bridgehead atoms. The zero-order valence-corrected chi connectivity index (χ0v) is 15.2. The zero-order chi connectivity index (χ0) is 20.3. The van der Waals surface area contributed by atoms with Crippen LogP contribution in [0.4, 0.5) is 8.78 Å². The molecule has 1 aliphatic heterocycles. The standard InChI is InChI=1S/C20H19F2N5O/c1-12(6-15(24)9-23)20(25)27-5-4-18-13(11-27)7-16(10-26-18)28-19-3-2-14(21)8-17(19)22/h2-3,6-8,10H,4-5,11,24-25H2,1H3/b15-6-,20-12+. The Morgan fingerprint density at radius 3 is 2.82 bits per heavy atom. The molecule has 0 fully saturated rings. The minimum absolute atomic E-state index is 0.0801. The van der Waals surface area contributed by atoms with Crippen LogP contribution < -0.4 is 16.2 Å². The molecule has 0 aliphatic carbocycles. The molecular weight excluding hydrogens is 364 g/mol. The van der Waals surface area contributed by atoms with Crippen molar-refractivity contribution in [1.82, 2.24) is 9.88 Å². The van der Waals surface area contributed by atoms with Crippen LogP contribution >= 0.6 is 0 Å². The highest BCUT2D eigenvalue weighted by Gasteiger charge is 2.20. The van der Waals surface area contributed by atoms with Gasteiger partial charge >= 0.3 is 0 Å². The third-order valence-corrected chi connectivity index (χ3v) is 4.38. The maximum Gasteiger partial charge on any atom is 0.168 e. The average Bonchev–Trinajstić information content (AvgIpc) is 2.68. The van der Waals surface area contributed by atoms with Crippen molar-refractivity contribution in [1.29, 1.82) is 5.26 Å². The maximum absolute atomic E-state index is 13.8. The fourth-order valence-electron chi connectivity index (χ4n) is 2.94. The molecule has 0 saturated carbocycles. The quantitative estimate of drug-likeness (QED) is 0.622. The van der Waals surface area contributed by atoms with Gasteiger partial charge in [0.1, 0.15) is 29.2 Å². The summed E-state index contributed by atoms with van der Waals surface area (Å²) < 4.78 is 32.4. The van der Waals surface area contributed by atoms with Gasteiger partial charge in [0, 0.05) is 31.3 Å². The van der Waals surface area contributed by atoms with Crippen molar-refractivity contribution in [2.24, 2.45) is 11.5 Å². The summed E-state index contributed by atoms with van der Waals surface area (Å²) in [4.78, 5) is 6.33. The van der Waals surface area contributed by atoms with Gasteiger partial charge in [0.2, 0.25) is 0 Å². The van der Waals surface area contributed by atoms with E-state index in [1.54, 1.807) is 13.0 Å². The molecule has 0 amide bonds. The Morgan fingerprint density at radius 2 is 2.11 bits per heavy atom. The van der Waals surface area contributed by atoms with Gasteiger partial charge < -0.3 is 21.1 Å². The van der Waals surface area contributed by atoms with Gasteiger partial charge in [-0.1, -0.05) is 0 Å². The summed E-state index contributed by atoms with van der Waals surface area (Å²) in [5.74, 6) is -0.682. The lowest BCUT2D eigenvalue weighted by Gasteiger charge is -2.31. The van der Waals surface area contributed by atoms with Gasteiger partial charge in [0.15, 0.2) is 11.6 Å². The SMILES string of the molecule is CC(/C=C(\N)C#N)=C(/N)N1CCc2ncc(Oc3ccc(F)cc3F)cc2C1. The van der Waals surface area contributed by atoms with Crippen LogP contribution in [-0.4, -0.2) is 16.4 Å². The van der Waals surface area contributed by atoms with Crippen LogP contribution in [0.15, 0.2) is 53.6 Å². The molecule has 0 unspecified atom stereocenters. The second-order valence-corrected chi connectivity index (χ2v) is 6.40. The monoisotopic (exact) mass is 383 g/mol. The highest BCUT2D eigenvalue weighted by Crippen LogP contribution is 2.28. The Morgan fingerprint density at radius 1 is 1.32 bits per heavy atom. The van der Waals surface area contributed by atoms with E-state index < -0.39 is 11.6 Å². The molecule has 0 atom stereocenters. The summed E-state index contributed by atoms with van der Waals surface area (Å²) in [6, 6.07) is 6.74. The lowest BCUT2D eigenvalue weighted by atomic mass is 10.0. The lowest BCUT2D eigenvalue weighted by Crippen LogP contribution is -2.34. The number of nitriles is 1. The molecule has 144 valence electrons. The molecule has 1 aromatic carbocycles. The van der Waals surface area contributed by atoms with Gasteiger partial charge in [-0.3, -0.25) is 4.98 Å². The Balaban J connectivity index is 1.82. The minimum atomic E-state index is -0.788. The van der Waals surface area contributed by atoms with Crippen molar-refractivity contribution >= 4 is 0 Å². The van der Waals surface area contributed by atoms with E-state index in [0.29, 0.717) is 36.7 Å². The van der Waals surface area contributed by atoms with Gasteiger partial charge in [-0.05, 0) is 42.3 Å². The highest BCUT2D eigenvalue weighted by molar-refractivity contribution is 5.37. The average molecular weight is 383 g/mol. The molecule has 2 heterocycles. The van der Waals surface area contributed by atoms with Crippen LogP contribution in [-0.2, 0) is 13.0 Å². The van der Waals surface area contributed by atoms with Crippen LogP contribution in [0, 0.1) is 23.0 Å².